The number of hydrogen-bond acceptors (Lipinski definition) is 8. The number of ketones is 1. The van der Waals surface area contributed by atoms with Crippen LogP contribution in [0.4, 0.5) is 5.82 Å². The lowest BCUT2D eigenvalue weighted by Crippen LogP contribution is -2.42. The van der Waals surface area contributed by atoms with Gasteiger partial charge >= 0.3 is 5.69 Å². The lowest BCUT2D eigenvalue weighted by atomic mass is 10.2. The molecule has 0 aliphatic rings. The molecule has 0 aliphatic carbocycles. The molecule has 0 fully saturated rings. The largest absolute Gasteiger partial charge is 0.384 e. The molecule has 0 unspecified atom stereocenters. The maximum absolute atomic E-state index is 13.2. The second-order valence-electron chi connectivity index (χ2n) is 8.56. The van der Waals surface area contributed by atoms with E-state index in [0.29, 0.717) is 47.1 Å². The molecule has 12 heteroatoms. The van der Waals surface area contributed by atoms with Crippen LogP contribution in [0.15, 0.2) is 37.7 Å². The minimum Gasteiger partial charge on any atom is -0.384 e. The Bertz CT molecular complexity index is 1460. The van der Waals surface area contributed by atoms with Gasteiger partial charge in [0.25, 0.3) is 11.1 Å². The van der Waals surface area contributed by atoms with Gasteiger partial charge in [-0.25, -0.2) is 9.78 Å². The standard InChI is InChI=1S/C24H30ClN5O5S/c1-5-9-29-20(26)19(22(33)28(4)24(29)34)18(31)13-36-23-27-17-12-15(25)7-8-16(17)21(32)30(23)10-6-11-35-14(2)3/h7-8,12,14H,5-6,9-11,13,26H2,1-4H3. The minimum absolute atomic E-state index is 0.0640. The predicted molar refractivity (Wildman–Crippen MR) is 142 cm³/mol. The molecule has 0 radical (unpaired) electrons. The van der Waals surface area contributed by atoms with Crippen LogP contribution in [0.25, 0.3) is 10.9 Å². The summed E-state index contributed by atoms with van der Waals surface area (Å²) in [6, 6.07) is 4.83. The highest BCUT2D eigenvalue weighted by Crippen LogP contribution is 2.22. The lowest BCUT2D eigenvalue weighted by molar-refractivity contribution is 0.0743. The number of carbonyl (C=O) groups excluding carboxylic acids is 1. The second kappa shape index (κ2) is 11.9. The first-order valence-electron chi connectivity index (χ1n) is 11.6. The van der Waals surface area contributed by atoms with Crippen molar-refractivity contribution >= 4 is 45.9 Å². The molecule has 2 N–H and O–H groups in total. The molecule has 0 spiro atoms. The SMILES string of the molecule is CCCn1c(N)c(C(=O)CSc2nc3cc(Cl)ccc3c(=O)n2CCCOC(C)C)c(=O)n(C)c1=O. The summed E-state index contributed by atoms with van der Waals surface area (Å²) in [6.45, 7) is 6.78. The fourth-order valence-electron chi connectivity index (χ4n) is 3.71. The van der Waals surface area contributed by atoms with Crippen LogP contribution in [0, 0.1) is 0 Å². The molecule has 1 aromatic carbocycles. The number of halogens is 1. The van der Waals surface area contributed by atoms with Gasteiger partial charge in [-0.2, -0.15) is 0 Å². The minimum atomic E-state index is -0.753. The number of nitrogens with two attached hydrogens (primary N) is 1. The number of aromatic nitrogens is 4. The van der Waals surface area contributed by atoms with Gasteiger partial charge < -0.3 is 10.5 Å². The highest BCUT2D eigenvalue weighted by molar-refractivity contribution is 7.99. The van der Waals surface area contributed by atoms with Gasteiger partial charge in [-0.15, -0.1) is 0 Å². The van der Waals surface area contributed by atoms with E-state index in [9.17, 15) is 19.2 Å². The van der Waals surface area contributed by atoms with E-state index in [4.69, 9.17) is 22.1 Å². The zero-order valence-corrected chi connectivity index (χ0v) is 22.3. The van der Waals surface area contributed by atoms with Crippen LogP contribution in [-0.4, -0.2) is 42.9 Å². The van der Waals surface area contributed by atoms with Crippen molar-refractivity contribution in [2.24, 2.45) is 7.05 Å². The van der Waals surface area contributed by atoms with E-state index in [2.05, 4.69) is 4.98 Å². The molecule has 0 aliphatic heterocycles. The summed E-state index contributed by atoms with van der Waals surface area (Å²) in [7, 11) is 1.31. The Kier molecular flexibility index (Phi) is 9.15. The zero-order valence-electron chi connectivity index (χ0n) is 20.7. The number of Topliss-reactive ketones (excluding diaryl/α,β-unsaturated/α-hetero) is 1. The van der Waals surface area contributed by atoms with Gasteiger partial charge in [0, 0.05) is 31.8 Å². The van der Waals surface area contributed by atoms with E-state index in [1.54, 1.807) is 18.2 Å². The molecule has 2 aromatic heterocycles. The number of benzene rings is 1. The van der Waals surface area contributed by atoms with Crippen molar-refractivity contribution in [3.05, 3.63) is 60.0 Å². The van der Waals surface area contributed by atoms with E-state index in [1.807, 2.05) is 20.8 Å². The molecule has 36 heavy (non-hydrogen) atoms. The van der Waals surface area contributed by atoms with Gasteiger partial charge in [-0.3, -0.25) is 28.1 Å². The van der Waals surface area contributed by atoms with Gasteiger partial charge in [-0.1, -0.05) is 30.3 Å². The molecular weight excluding hydrogens is 506 g/mol. The quantitative estimate of drug-likeness (QED) is 0.171. The smallest absolute Gasteiger partial charge is 0.332 e. The number of fused-ring (bicyclic) bond motifs is 1. The van der Waals surface area contributed by atoms with Gasteiger partial charge in [-0.05, 0) is 44.9 Å². The summed E-state index contributed by atoms with van der Waals surface area (Å²) in [4.78, 5) is 56.1. The Hall–Kier alpha value is -2.89. The molecule has 3 rings (SSSR count). The van der Waals surface area contributed by atoms with Crippen LogP contribution < -0.4 is 22.5 Å². The molecule has 0 amide bonds. The average Bonchev–Trinajstić information content (AvgIpc) is 2.82. The van der Waals surface area contributed by atoms with Crippen molar-refractivity contribution in [3.8, 4) is 0 Å². The fourth-order valence-corrected chi connectivity index (χ4v) is 4.77. The highest BCUT2D eigenvalue weighted by Gasteiger charge is 2.22. The van der Waals surface area contributed by atoms with E-state index in [-0.39, 0.29) is 35.3 Å². The van der Waals surface area contributed by atoms with Crippen molar-refractivity contribution in [2.75, 3.05) is 18.1 Å². The first kappa shape index (κ1) is 27.7. The molecule has 194 valence electrons. The second-order valence-corrected chi connectivity index (χ2v) is 9.94. The van der Waals surface area contributed by atoms with Crippen LogP contribution in [0.2, 0.25) is 5.02 Å². The Morgan fingerprint density at radius 1 is 1.17 bits per heavy atom. The van der Waals surface area contributed by atoms with Crippen molar-refractivity contribution in [3.63, 3.8) is 0 Å². The number of anilines is 1. The Balaban J connectivity index is 1.97. The molecule has 3 aromatic rings. The summed E-state index contributed by atoms with van der Waals surface area (Å²) in [6.07, 6.45) is 1.23. The molecule has 2 heterocycles. The summed E-state index contributed by atoms with van der Waals surface area (Å²) in [5.41, 5.74) is 4.65. The third kappa shape index (κ3) is 5.91. The Morgan fingerprint density at radius 2 is 1.89 bits per heavy atom. The summed E-state index contributed by atoms with van der Waals surface area (Å²) in [5.74, 6) is -0.916. The summed E-state index contributed by atoms with van der Waals surface area (Å²) < 4.78 is 9.19. The number of nitrogens with zero attached hydrogens (tertiary/aromatic N) is 4. The Morgan fingerprint density at radius 3 is 2.56 bits per heavy atom. The van der Waals surface area contributed by atoms with Gasteiger partial charge in [0.2, 0.25) is 0 Å². The summed E-state index contributed by atoms with van der Waals surface area (Å²) >= 11 is 7.12. The van der Waals surface area contributed by atoms with E-state index in [0.717, 1.165) is 16.3 Å². The predicted octanol–water partition coefficient (Wildman–Crippen LogP) is 2.69. The van der Waals surface area contributed by atoms with Gasteiger partial charge in [0.1, 0.15) is 11.4 Å². The molecule has 0 bridgehead atoms. The zero-order chi connectivity index (χ0) is 26.6. The number of hydrogen-bond donors (Lipinski definition) is 1. The third-order valence-corrected chi connectivity index (χ3v) is 6.71. The fraction of sp³-hybridized carbons (Fsp3) is 0.458. The third-order valence-electron chi connectivity index (χ3n) is 5.50. The molecule has 0 saturated heterocycles. The van der Waals surface area contributed by atoms with Crippen molar-refractivity contribution in [2.45, 2.75) is 58.0 Å². The van der Waals surface area contributed by atoms with Crippen molar-refractivity contribution in [1.82, 2.24) is 18.7 Å². The van der Waals surface area contributed by atoms with E-state index >= 15 is 0 Å². The lowest BCUT2D eigenvalue weighted by Gasteiger charge is -2.15. The molecular formula is C24H30ClN5O5S. The first-order chi connectivity index (χ1) is 17.1. The highest BCUT2D eigenvalue weighted by atomic mass is 35.5. The molecule has 0 atom stereocenters. The van der Waals surface area contributed by atoms with Crippen molar-refractivity contribution in [1.29, 1.82) is 0 Å². The maximum atomic E-state index is 13.2. The van der Waals surface area contributed by atoms with Crippen LogP contribution in [0.5, 0.6) is 0 Å². The number of rotatable bonds is 11. The van der Waals surface area contributed by atoms with Crippen LogP contribution in [0.3, 0.4) is 0 Å². The molecule has 0 saturated carbocycles. The number of ether oxygens (including phenoxy) is 1. The van der Waals surface area contributed by atoms with Crippen molar-refractivity contribution < 1.29 is 9.53 Å². The average molecular weight is 536 g/mol. The summed E-state index contributed by atoms with van der Waals surface area (Å²) in [5, 5.41) is 1.15. The van der Waals surface area contributed by atoms with Crippen LogP contribution >= 0.6 is 23.4 Å². The number of nitrogen functional groups attached to an aromatic ring is 1. The molecule has 10 nitrogen and oxygen atoms in total. The van der Waals surface area contributed by atoms with Gasteiger partial charge in [0.15, 0.2) is 10.9 Å². The number of carbonyl (C=O) groups is 1. The van der Waals surface area contributed by atoms with E-state index < -0.39 is 17.0 Å². The van der Waals surface area contributed by atoms with Crippen LogP contribution in [-0.2, 0) is 24.9 Å². The maximum Gasteiger partial charge on any atom is 0.332 e. The first-order valence-corrected chi connectivity index (χ1v) is 13.0. The van der Waals surface area contributed by atoms with E-state index in [1.165, 1.54) is 16.2 Å². The Labute approximate surface area is 217 Å². The van der Waals surface area contributed by atoms with Gasteiger partial charge in [0.05, 0.1) is 22.8 Å². The normalized spacial score (nSPS) is 11.5. The number of thioether (sulfide) groups is 1. The van der Waals surface area contributed by atoms with Crippen LogP contribution in [0.1, 0.15) is 44.0 Å². The monoisotopic (exact) mass is 535 g/mol. The topological polar surface area (TPSA) is 131 Å².